The van der Waals surface area contributed by atoms with Gasteiger partial charge < -0.3 is 9.31 Å². The molecule has 0 atom stereocenters. The zero-order valence-corrected chi connectivity index (χ0v) is 11.8. The molecule has 0 radical (unpaired) electrons. The van der Waals surface area contributed by atoms with Crippen LogP contribution >= 0.6 is 0 Å². The van der Waals surface area contributed by atoms with Crippen molar-refractivity contribution >= 4 is 19.1 Å². The molecular weight excluding hydrogens is 245 g/mol. The zero-order chi connectivity index (χ0) is 14.1. The Morgan fingerprint density at radius 1 is 1.16 bits per heavy atom. The lowest BCUT2D eigenvalue weighted by Crippen LogP contribution is -2.41. The summed E-state index contributed by atoms with van der Waals surface area (Å²) in [6.07, 6.45) is 7.54. The van der Waals surface area contributed by atoms with Crippen LogP contribution in [0.5, 0.6) is 0 Å². The molecule has 0 unspecified atom stereocenters. The van der Waals surface area contributed by atoms with Crippen LogP contribution in [0.1, 0.15) is 39.0 Å². The number of carbonyl (C=O) groups is 2. The summed E-state index contributed by atoms with van der Waals surface area (Å²) in [4.78, 5) is 24.5. The van der Waals surface area contributed by atoms with Crippen LogP contribution in [-0.2, 0) is 18.9 Å². The van der Waals surface area contributed by atoms with Gasteiger partial charge in [0.2, 0.25) is 0 Å². The largest absolute Gasteiger partial charge is 0.628 e. The molecule has 19 heavy (non-hydrogen) atoms. The molecule has 1 fully saturated rings. The van der Waals surface area contributed by atoms with E-state index >= 15 is 0 Å². The lowest BCUT2D eigenvalue weighted by Gasteiger charge is -2.21. The normalized spacial score (nSPS) is 18.1. The standard InChI is InChI=1S/C13H22BNO4/c1-3-4-5-6-7-8-9-14-18-12(16)10-15(2)11-13(17)19-14/h8-9H,3-7,10-11H2,1-2H3/b9-8+. The first-order chi connectivity index (χ1) is 9.11. The number of hydrogen-bond donors (Lipinski definition) is 0. The lowest BCUT2D eigenvalue weighted by atomic mass is 9.88. The van der Waals surface area contributed by atoms with E-state index in [2.05, 4.69) is 6.92 Å². The molecule has 0 aliphatic carbocycles. The van der Waals surface area contributed by atoms with Crippen molar-refractivity contribution in [1.82, 2.24) is 4.90 Å². The van der Waals surface area contributed by atoms with Gasteiger partial charge in [-0.25, -0.2) is 0 Å². The third-order valence-corrected chi connectivity index (χ3v) is 2.81. The van der Waals surface area contributed by atoms with E-state index < -0.39 is 7.12 Å². The first-order valence-electron chi connectivity index (χ1n) is 6.86. The molecule has 0 aromatic rings. The quantitative estimate of drug-likeness (QED) is 0.540. The smallest absolute Gasteiger partial charge is 0.495 e. The minimum absolute atomic E-state index is 0.107. The fraction of sp³-hybridized carbons (Fsp3) is 0.692. The predicted molar refractivity (Wildman–Crippen MR) is 73.3 cm³/mol. The Balaban J connectivity index is 2.36. The molecule has 0 aromatic carbocycles. The van der Waals surface area contributed by atoms with Crippen molar-refractivity contribution < 1.29 is 18.9 Å². The van der Waals surface area contributed by atoms with Gasteiger partial charge in [0.05, 0.1) is 13.1 Å². The lowest BCUT2D eigenvalue weighted by molar-refractivity contribution is -0.145. The molecule has 0 aromatic heterocycles. The van der Waals surface area contributed by atoms with Gasteiger partial charge in [0.1, 0.15) is 0 Å². The van der Waals surface area contributed by atoms with E-state index in [0.29, 0.717) is 0 Å². The molecular formula is C13H22BNO4. The Hall–Kier alpha value is -1.30. The van der Waals surface area contributed by atoms with Gasteiger partial charge in [-0.1, -0.05) is 32.3 Å². The maximum absolute atomic E-state index is 11.4. The number of rotatable bonds is 6. The van der Waals surface area contributed by atoms with Crippen LogP contribution in [0.4, 0.5) is 0 Å². The number of likely N-dealkylation sites (N-methyl/N-ethyl adjacent to an activating group) is 1. The first-order valence-corrected chi connectivity index (χ1v) is 6.86. The molecule has 1 saturated heterocycles. The van der Waals surface area contributed by atoms with Gasteiger partial charge in [-0.3, -0.25) is 14.5 Å². The number of allylic oxidation sites excluding steroid dienone is 1. The van der Waals surface area contributed by atoms with Crippen LogP contribution in [0.25, 0.3) is 0 Å². The highest BCUT2D eigenvalue weighted by atomic mass is 16.6. The Bertz CT molecular complexity index is 313. The molecule has 0 amide bonds. The van der Waals surface area contributed by atoms with Gasteiger partial charge in [0.15, 0.2) is 0 Å². The maximum Gasteiger partial charge on any atom is 0.628 e. The molecule has 1 aliphatic heterocycles. The van der Waals surface area contributed by atoms with Gasteiger partial charge in [-0.15, -0.1) is 0 Å². The molecule has 1 heterocycles. The van der Waals surface area contributed by atoms with Crippen LogP contribution in [0.3, 0.4) is 0 Å². The highest BCUT2D eigenvalue weighted by Crippen LogP contribution is 2.05. The predicted octanol–water partition coefficient (Wildman–Crippen LogP) is 1.57. The summed E-state index contributed by atoms with van der Waals surface area (Å²) in [7, 11) is 0.798. The van der Waals surface area contributed by atoms with E-state index in [1.165, 1.54) is 19.3 Å². The second-order valence-electron chi connectivity index (χ2n) is 4.80. The minimum atomic E-state index is -0.875. The zero-order valence-electron chi connectivity index (χ0n) is 11.8. The molecule has 0 N–H and O–H groups in total. The monoisotopic (exact) mass is 267 g/mol. The molecule has 0 spiro atoms. The molecule has 5 nitrogen and oxygen atoms in total. The first kappa shape index (κ1) is 15.8. The average molecular weight is 267 g/mol. The van der Waals surface area contributed by atoms with Crippen LogP contribution in [0.15, 0.2) is 12.1 Å². The third-order valence-electron chi connectivity index (χ3n) is 2.81. The number of carbonyl (C=O) groups excluding carboxylic acids is 2. The summed E-state index contributed by atoms with van der Waals surface area (Å²) < 4.78 is 10.1. The van der Waals surface area contributed by atoms with Crippen LogP contribution in [-0.4, -0.2) is 44.1 Å². The number of hydrogen-bond acceptors (Lipinski definition) is 5. The second-order valence-corrected chi connectivity index (χ2v) is 4.80. The van der Waals surface area contributed by atoms with Crippen LogP contribution < -0.4 is 0 Å². The Kier molecular flexibility index (Phi) is 7.26. The van der Waals surface area contributed by atoms with Crippen molar-refractivity contribution in [3.8, 4) is 0 Å². The topological polar surface area (TPSA) is 55.8 Å². The molecule has 0 bridgehead atoms. The summed E-state index contributed by atoms with van der Waals surface area (Å²) in [5.74, 6) is 0.888. The Morgan fingerprint density at radius 3 is 2.37 bits per heavy atom. The van der Waals surface area contributed by atoms with E-state index in [0.717, 1.165) is 12.8 Å². The van der Waals surface area contributed by atoms with Crippen molar-refractivity contribution in [2.45, 2.75) is 39.0 Å². The summed E-state index contributed by atoms with van der Waals surface area (Å²) >= 11 is 0. The van der Waals surface area contributed by atoms with Crippen molar-refractivity contribution in [2.24, 2.45) is 0 Å². The summed E-state index contributed by atoms with van der Waals surface area (Å²) in [5, 5.41) is 0. The van der Waals surface area contributed by atoms with Crippen molar-refractivity contribution in [3.63, 3.8) is 0 Å². The molecule has 1 aliphatic rings. The second kappa shape index (κ2) is 8.75. The maximum atomic E-state index is 11.4. The summed E-state index contributed by atoms with van der Waals surface area (Å²) in [6, 6.07) is 0. The molecule has 0 saturated carbocycles. The van der Waals surface area contributed by atoms with E-state index in [-0.39, 0.29) is 25.0 Å². The van der Waals surface area contributed by atoms with Crippen LogP contribution in [0.2, 0.25) is 0 Å². The van der Waals surface area contributed by atoms with Gasteiger partial charge in [0.25, 0.3) is 0 Å². The van der Waals surface area contributed by atoms with Crippen molar-refractivity contribution in [1.29, 1.82) is 0 Å². The van der Waals surface area contributed by atoms with Gasteiger partial charge in [-0.05, 0) is 25.9 Å². The molecule has 1 rings (SSSR count). The highest BCUT2D eigenvalue weighted by molar-refractivity contribution is 6.54. The number of nitrogens with zero attached hydrogens (tertiary/aromatic N) is 1. The highest BCUT2D eigenvalue weighted by Gasteiger charge is 2.28. The van der Waals surface area contributed by atoms with E-state index in [4.69, 9.17) is 9.31 Å². The van der Waals surface area contributed by atoms with Gasteiger partial charge >= 0.3 is 19.1 Å². The van der Waals surface area contributed by atoms with E-state index in [1.807, 2.05) is 6.08 Å². The van der Waals surface area contributed by atoms with Crippen LogP contribution in [0, 0.1) is 0 Å². The summed E-state index contributed by atoms with van der Waals surface area (Å²) in [5.41, 5.74) is 0. The van der Waals surface area contributed by atoms with Gasteiger partial charge in [0, 0.05) is 0 Å². The van der Waals surface area contributed by atoms with E-state index in [9.17, 15) is 9.59 Å². The number of unbranched alkanes of at least 4 members (excludes halogenated alkanes) is 4. The molecule has 106 valence electrons. The fourth-order valence-corrected chi connectivity index (χ4v) is 1.83. The third kappa shape index (κ3) is 7.01. The van der Waals surface area contributed by atoms with Crippen molar-refractivity contribution in [2.75, 3.05) is 20.1 Å². The summed E-state index contributed by atoms with van der Waals surface area (Å²) in [6.45, 7) is 2.38. The van der Waals surface area contributed by atoms with Gasteiger partial charge in [-0.2, -0.15) is 0 Å². The SMILES string of the molecule is CCCCCC/C=C/B1OC(=O)CN(C)CC(=O)O1. The molecule has 6 heteroatoms. The Morgan fingerprint density at radius 2 is 1.79 bits per heavy atom. The average Bonchev–Trinajstić information content (AvgIpc) is 2.31. The fourth-order valence-electron chi connectivity index (χ4n) is 1.83. The van der Waals surface area contributed by atoms with E-state index in [1.54, 1.807) is 17.9 Å². The van der Waals surface area contributed by atoms with Crippen molar-refractivity contribution in [3.05, 3.63) is 12.1 Å². The minimum Gasteiger partial charge on any atom is -0.495 e. The Labute approximate surface area is 115 Å².